The number of rotatable bonds is 6. The quantitative estimate of drug-likeness (QED) is 0.829. The van der Waals surface area contributed by atoms with Gasteiger partial charge < -0.3 is 10.2 Å². The van der Waals surface area contributed by atoms with Gasteiger partial charge in [0.2, 0.25) is 0 Å². The number of benzene rings is 1. The fourth-order valence-corrected chi connectivity index (χ4v) is 2.68. The number of hydrogen-bond acceptors (Lipinski definition) is 2. The Morgan fingerprint density at radius 2 is 2.11 bits per heavy atom. The van der Waals surface area contributed by atoms with Crippen molar-refractivity contribution in [3.8, 4) is 0 Å². The number of nitrogens with one attached hydrogen (secondary N) is 1. The Kier molecular flexibility index (Phi) is 5.21. The van der Waals surface area contributed by atoms with Gasteiger partial charge in [0.1, 0.15) is 0 Å². The molecule has 2 rings (SSSR count). The molecule has 1 unspecified atom stereocenters. The zero-order valence-corrected chi connectivity index (χ0v) is 11.8. The average Bonchev–Trinajstić information content (AvgIpc) is 2.88. The van der Waals surface area contributed by atoms with E-state index in [2.05, 4.69) is 48.5 Å². The molecule has 1 saturated heterocycles. The molecule has 1 aliphatic rings. The first-order chi connectivity index (χ1) is 8.75. The molecule has 1 N–H and O–H groups in total. The summed E-state index contributed by atoms with van der Waals surface area (Å²) >= 11 is 0. The lowest BCUT2D eigenvalue weighted by molar-refractivity contribution is 0.308. The van der Waals surface area contributed by atoms with Gasteiger partial charge in [-0.2, -0.15) is 0 Å². The molecule has 2 heteroatoms. The molecule has 0 bridgehead atoms. The van der Waals surface area contributed by atoms with E-state index in [9.17, 15) is 0 Å². The van der Waals surface area contributed by atoms with Crippen LogP contribution >= 0.6 is 0 Å². The van der Waals surface area contributed by atoms with Crippen LogP contribution in [0.3, 0.4) is 0 Å². The topological polar surface area (TPSA) is 15.3 Å². The minimum atomic E-state index is 0.908. The maximum absolute atomic E-state index is 3.44. The molecule has 0 aliphatic carbocycles. The lowest BCUT2D eigenvalue weighted by Gasteiger charge is -2.19. The van der Waals surface area contributed by atoms with Crippen molar-refractivity contribution in [2.75, 3.05) is 33.2 Å². The lowest BCUT2D eigenvalue weighted by Crippen LogP contribution is -2.25. The standard InChI is InChI=1S/C16H26N2/c1-14-5-3-4-6-16(14)9-12-18(2)11-8-15-7-10-17-13-15/h3-6,15,17H,7-13H2,1-2H3. The number of hydrogen-bond donors (Lipinski definition) is 1. The summed E-state index contributed by atoms with van der Waals surface area (Å²) < 4.78 is 0. The molecule has 0 spiro atoms. The van der Waals surface area contributed by atoms with E-state index >= 15 is 0 Å². The van der Waals surface area contributed by atoms with Gasteiger partial charge in [-0.25, -0.2) is 0 Å². The molecule has 0 aromatic heterocycles. The van der Waals surface area contributed by atoms with Gasteiger partial charge in [0.25, 0.3) is 0 Å². The van der Waals surface area contributed by atoms with Gasteiger partial charge in [0, 0.05) is 6.54 Å². The van der Waals surface area contributed by atoms with E-state index in [0.717, 1.165) is 5.92 Å². The summed E-state index contributed by atoms with van der Waals surface area (Å²) in [7, 11) is 2.25. The van der Waals surface area contributed by atoms with Crippen LogP contribution in [0.2, 0.25) is 0 Å². The molecule has 1 aliphatic heterocycles. The van der Waals surface area contributed by atoms with Gasteiger partial charge in [0.05, 0.1) is 0 Å². The van der Waals surface area contributed by atoms with E-state index in [0.29, 0.717) is 0 Å². The van der Waals surface area contributed by atoms with Crippen molar-refractivity contribution >= 4 is 0 Å². The summed E-state index contributed by atoms with van der Waals surface area (Å²) in [6, 6.07) is 8.73. The SMILES string of the molecule is Cc1ccccc1CCN(C)CCC1CCNC1. The lowest BCUT2D eigenvalue weighted by atomic mass is 10.0. The Morgan fingerprint density at radius 1 is 1.28 bits per heavy atom. The Bertz CT molecular complexity index is 356. The van der Waals surface area contributed by atoms with Gasteiger partial charge in [-0.05, 0) is 69.9 Å². The fraction of sp³-hybridized carbons (Fsp3) is 0.625. The van der Waals surface area contributed by atoms with Crippen molar-refractivity contribution in [3.05, 3.63) is 35.4 Å². The molecule has 100 valence electrons. The Hall–Kier alpha value is -0.860. The van der Waals surface area contributed by atoms with Crippen LogP contribution in [0, 0.1) is 12.8 Å². The Balaban J connectivity index is 1.68. The van der Waals surface area contributed by atoms with E-state index in [1.165, 1.54) is 56.6 Å². The normalized spacial score (nSPS) is 19.6. The highest BCUT2D eigenvalue weighted by molar-refractivity contribution is 5.25. The first kappa shape index (κ1) is 13.6. The molecule has 0 amide bonds. The van der Waals surface area contributed by atoms with E-state index in [1.54, 1.807) is 0 Å². The van der Waals surface area contributed by atoms with E-state index in [-0.39, 0.29) is 0 Å². The van der Waals surface area contributed by atoms with Crippen LogP contribution in [0.5, 0.6) is 0 Å². The summed E-state index contributed by atoms with van der Waals surface area (Å²) in [4.78, 5) is 2.48. The van der Waals surface area contributed by atoms with Crippen molar-refractivity contribution in [3.63, 3.8) is 0 Å². The number of nitrogens with zero attached hydrogens (tertiary/aromatic N) is 1. The number of aryl methyl sites for hydroxylation is 1. The number of likely N-dealkylation sites (N-methyl/N-ethyl adjacent to an activating group) is 1. The molecule has 1 fully saturated rings. The van der Waals surface area contributed by atoms with E-state index in [4.69, 9.17) is 0 Å². The predicted octanol–water partition coefficient (Wildman–Crippen LogP) is 2.47. The van der Waals surface area contributed by atoms with Crippen LogP contribution in [-0.2, 0) is 6.42 Å². The summed E-state index contributed by atoms with van der Waals surface area (Å²) in [6.45, 7) is 7.06. The van der Waals surface area contributed by atoms with Crippen molar-refractivity contribution in [2.24, 2.45) is 5.92 Å². The van der Waals surface area contributed by atoms with Crippen molar-refractivity contribution < 1.29 is 0 Å². The molecule has 1 aromatic carbocycles. The second-order valence-electron chi connectivity index (χ2n) is 5.63. The smallest absolute Gasteiger partial charge is 0.00189 e. The average molecular weight is 246 g/mol. The van der Waals surface area contributed by atoms with Gasteiger partial charge >= 0.3 is 0 Å². The van der Waals surface area contributed by atoms with Crippen LogP contribution in [0.15, 0.2) is 24.3 Å². The third-order valence-electron chi connectivity index (χ3n) is 4.11. The van der Waals surface area contributed by atoms with Gasteiger partial charge in [-0.1, -0.05) is 24.3 Å². The largest absolute Gasteiger partial charge is 0.316 e. The third kappa shape index (κ3) is 4.11. The van der Waals surface area contributed by atoms with Crippen LogP contribution < -0.4 is 5.32 Å². The molecule has 0 saturated carbocycles. The van der Waals surface area contributed by atoms with Crippen molar-refractivity contribution in [1.29, 1.82) is 0 Å². The van der Waals surface area contributed by atoms with Crippen LogP contribution in [0.25, 0.3) is 0 Å². The summed E-state index contributed by atoms with van der Waals surface area (Å²) in [5.41, 5.74) is 2.91. The highest BCUT2D eigenvalue weighted by atomic mass is 15.1. The van der Waals surface area contributed by atoms with Gasteiger partial charge in [-0.15, -0.1) is 0 Å². The molecule has 0 radical (unpaired) electrons. The van der Waals surface area contributed by atoms with Crippen molar-refractivity contribution in [2.45, 2.75) is 26.2 Å². The Labute approximate surface area is 111 Å². The molecular formula is C16H26N2. The van der Waals surface area contributed by atoms with Gasteiger partial charge in [0.15, 0.2) is 0 Å². The molecule has 2 nitrogen and oxygen atoms in total. The first-order valence-corrected chi connectivity index (χ1v) is 7.19. The zero-order chi connectivity index (χ0) is 12.8. The minimum absolute atomic E-state index is 0.908. The molecule has 1 atom stereocenters. The summed E-state index contributed by atoms with van der Waals surface area (Å²) in [5, 5.41) is 3.44. The van der Waals surface area contributed by atoms with Crippen LogP contribution in [0.4, 0.5) is 0 Å². The molecule has 1 heterocycles. The highest BCUT2D eigenvalue weighted by Crippen LogP contribution is 2.13. The molecule has 1 aromatic rings. The van der Waals surface area contributed by atoms with E-state index in [1.807, 2.05) is 0 Å². The van der Waals surface area contributed by atoms with Crippen LogP contribution in [0.1, 0.15) is 24.0 Å². The maximum atomic E-state index is 3.44. The summed E-state index contributed by atoms with van der Waals surface area (Å²) in [6.07, 6.45) is 3.88. The monoisotopic (exact) mass is 246 g/mol. The fourth-order valence-electron chi connectivity index (χ4n) is 2.68. The second-order valence-corrected chi connectivity index (χ2v) is 5.63. The minimum Gasteiger partial charge on any atom is -0.316 e. The second kappa shape index (κ2) is 6.91. The van der Waals surface area contributed by atoms with E-state index < -0.39 is 0 Å². The molecular weight excluding hydrogens is 220 g/mol. The Morgan fingerprint density at radius 3 is 2.83 bits per heavy atom. The third-order valence-corrected chi connectivity index (χ3v) is 4.11. The highest BCUT2D eigenvalue weighted by Gasteiger charge is 2.14. The first-order valence-electron chi connectivity index (χ1n) is 7.19. The predicted molar refractivity (Wildman–Crippen MR) is 78.0 cm³/mol. The zero-order valence-electron chi connectivity index (χ0n) is 11.8. The van der Waals surface area contributed by atoms with Crippen LogP contribution in [-0.4, -0.2) is 38.1 Å². The summed E-state index contributed by atoms with van der Waals surface area (Å²) in [5.74, 6) is 0.908. The van der Waals surface area contributed by atoms with Gasteiger partial charge in [-0.3, -0.25) is 0 Å². The molecule has 18 heavy (non-hydrogen) atoms. The maximum Gasteiger partial charge on any atom is 0.00189 e. The van der Waals surface area contributed by atoms with Crippen molar-refractivity contribution in [1.82, 2.24) is 10.2 Å².